The van der Waals surface area contributed by atoms with Crippen molar-refractivity contribution < 1.29 is 4.74 Å². The Bertz CT molecular complexity index is 113. The third kappa shape index (κ3) is 6.46. The molecule has 0 radical (unpaired) electrons. The van der Waals surface area contributed by atoms with Gasteiger partial charge in [-0.15, -0.1) is 0 Å². The van der Waals surface area contributed by atoms with Crippen LogP contribution in [0.5, 0.6) is 0 Å². The molecule has 0 aromatic rings. The summed E-state index contributed by atoms with van der Waals surface area (Å²) in [5.41, 5.74) is 0. The van der Waals surface area contributed by atoms with E-state index in [1.807, 2.05) is 6.92 Å². The van der Waals surface area contributed by atoms with Gasteiger partial charge in [0.2, 0.25) is 0 Å². The molecule has 0 N–H and O–H groups in total. The molecule has 0 heterocycles. The fourth-order valence-corrected chi connectivity index (χ4v) is 5.10. The second kappa shape index (κ2) is 4.27. The number of hydrogen-bond donors (Lipinski definition) is 0. The molecule has 0 spiro atoms. The van der Waals surface area contributed by atoms with E-state index in [9.17, 15) is 0 Å². The van der Waals surface area contributed by atoms with E-state index in [1.54, 1.807) is 0 Å². The second-order valence-corrected chi connectivity index (χ2v) is 13.0. The average molecular weight is 249 g/mol. The van der Waals surface area contributed by atoms with Crippen LogP contribution >= 0.6 is 0 Å². The van der Waals surface area contributed by atoms with Gasteiger partial charge in [0.25, 0.3) is 0 Å². The van der Waals surface area contributed by atoms with Gasteiger partial charge in [-0.05, 0) is 0 Å². The summed E-state index contributed by atoms with van der Waals surface area (Å²) in [7, 11) is 0. The molecule has 0 aliphatic rings. The molecule has 0 aliphatic heterocycles. The summed E-state index contributed by atoms with van der Waals surface area (Å²) in [6, 6.07) is 0. The van der Waals surface area contributed by atoms with E-state index in [0.29, 0.717) is 3.43 Å². The first-order valence-corrected chi connectivity index (χ1v) is 7.80. The molecule has 2 heteroatoms. The molecule has 60 valence electrons. The molecule has 0 rings (SSSR count). The van der Waals surface area contributed by atoms with Crippen LogP contribution in [0.4, 0.5) is 0 Å². The Hall–Kier alpha value is 0.339. The molecule has 0 unspecified atom stereocenters. The van der Waals surface area contributed by atoms with E-state index in [4.69, 9.17) is 4.74 Å². The zero-order chi connectivity index (χ0) is 8.20. The van der Waals surface area contributed by atoms with E-state index in [2.05, 4.69) is 27.4 Å². The third-order valence-electron chi connectivity index (χ3n) is 1.08. The van der Waals surface area contributed by atoms with Gasteiger partial charge in [-0.2, -0.15) is 0 Å². The van der Waals surface area contributed by atoms with Gasteiger partial charge in [-0.1, -0.05) is 0 Å². The molecule has 0 saturated heterocycles. The molecule has 0 bridgehead atoms. The summed E-state index contributed by atoms with van der Waals surface area (Å²) in [6.07, 6.45) is 0. The minimum atomic E-state index is -0.867. The van der Waals surface area contributed by atoms with Crippen LogP contribution in [0.2, 0.25) is 3.43 Å². The van der Waals surface area contributed by atoms with Crippen LogP contribution in [0.25, 0.3) is 0 Å². The van der Waals surface area contributed by atoms with Crippen molar-refractivity contribution in [2.45, 2.75) is 31.1 Å². The standard InChI is InChI=1S/C4H7O.C4H9.Sn.2H/c1-3-5-4-2;1-4(2)3;;;/h1,4H2,2H3;1-3H3;;;. The monoisotopic (exact) mass is 250 g/mol. The van der Waals surface area contributed by atoms with Crippen molar-refractivity contribution in [1.29, 1.82) is 0 Å². The molecular formula is C8H18OSn. The van der Waals surface area contributed by atoms with E-state index >= 15 is 0 Å². The predicted molar refractivity (Wildman–Crippen MR) is 49.0 cm³/mol. The summed E-state index contributed by atoms with van der Waals surface area (Å²) in [5.74, 6) is 0. The summed E-state index contributed by atoms with van der Waals surface area (Å²) < 4.78 is 6.93. The third-order valence-corrected chi connectivity index (χ3v) is 5.81. The molecule has 1 nitrogen and oxygen atoms in total. The molecule has 0 saturated carbocycles. The van der Waals surface area contributed by atoms with Crippen molar-refractivity contribution >= 4 is 21.1 Å². The van der Waals surface area contributed by atoms with Crippen LogP contribution in [0, 0.1) is 0 Å². The second-order valence-electron chi connectivity index (χ2n) is 3.71. The maximum absolute atomic E-state index is 5.32. The van der Waals surface area contributed by atoms with E-state index in [1.165, 1.54) is 0 Å². The van der Waals surface area contributed by atoms with Gasteiger partial charge in [0.15, 0.2) is 0 Å². The summed E-state index contributed by atoms with van der Waals surface area (Å²) in [5, 5.41) is 0. The molecular weight excluding hydrogens is 231 g/mol. The van der Waals surface area contributed by atoms with Gasteiger partial charge < -0.3 is 0 Å². The quantitative estimate of drug-likeness (QED) is 0.548. The molecule has 0 atom stereocenters. The summed E-state index contributed by atoms with van der Waals surface area (Å²) in [6.45, 7) is 13.5. The van der Waals surface area contributed by atoms with Gasteiger partial charge in [-0.25, -0.2) is 0 Å². The fourth-order valence-electron chi connectivity index (χ4n) is 0.847. The Morgan fingerprint density at radius 2 is 2.00 bits per heavy atom. The number of ether oxygens (including phenoxy) is 1. The minimum absolute atomic E-state index is 0.508. The first kappa shape index (κ1) is 10.3. The average Bonchev–Trinajstić information content (AvgIpc) is 1.59. The first-order valence-electron chi connectivity index (χ1n) is 3.76. The summed E-state index contributed by atoms with van der Waals surface area (Å²) in [4.78, 5) is 0. The molecule has 0 fully saturated rings. The SMILES string of the molecule is C=[C](OCC)[SnH2][C](C)(C)C. The first-order chi connectivity index (χ1) is 4.45. The zero-order valence-corrected chi connectivity index (χ0v) is 11.6. The molecule has 0 aliphatic carbocycles. The van der Waals surface area contributed by atoms with Crippen molar-refractivity contribution in [3.05, 3.63) is 10.4 Å². The van der Waals surface area contributed by atoms with Crippen LogP contribution in [0.15, 0.2) is 10.4 Å². The van der Waals surface area contributed by atoms with Crippen LogP contribution in [0.3, 0.4) is 0 Å². The molecule has 0 aromatic heterocycles. The van der Waals surface area contributed by atoms with Crippen molar-refractivity contribution in [3.63, 3.8) is 0 Å². The summed E-state index contributed by atoms with van der Waals surface area (Å²) >= 11 is -0.867. The Morgan fingerprint density at radius 1 is 1.50 bits per heavy atom. The van der Waals surface area contributed by atoms with Gasteiger partial charge in [0, 0.05) is 0 Å². The van der Waals surface area contributed by atoms with Crippen molar-refractivity contribution in [2.24, 2.45) is 0 Å². The van der Waals surface area contributed by atoms with Gasteiger partial charge >= 0.3 is 74.0 Å². The van der Waals surface area contributed by atoms with Crippen LogP contribution in [0.1, 0.15) is 27.7 Å². The topological polar surface area (TPSA) is 9.23 Å². The normalized spacial score (nSPS) is 12.4. The van der Waals surface area contributed by atoms with Crippen molar-refractivity contribution in [1.82, 2.24) is 0 Å². The number of rotatable bonds is 3. The van der Waals surface area contributed by atoms with Crippen LogP contribution in [-0.2, 0) is 4.74 Å². The molecule has 10 heavy (non-hydrogen) atoms. The van der Waals surface area contributed by atoms with E-state index in [-0.39, 0.29) is 0 Å². The number of hydrogen-bond acceptors (Lipinski definition) is 1. The Labute approximate surface area is 74.1 Å². The predicted octanol–water partition coefficient (Wildman–Crippen LogP) is 1.88. The van der Waals surface area contributed by atoms with Crippen molar-refractivity contribution in [2.75, 3.05) is 6.61 Å². The fraction of sp³-hybridized carbons (Fsp3) is 0.750. The molecule has 0 amide bonds. The Kier molecular flexibility index (Phi) is 4.41. The van der Waals surface area contributed by atoms with E-state index < -0.39 is 21.1 Å². The van der Waals surface area contributed by atoms with Crippen molar-refractivity contribution in [3.8, 4) is 0 Å². The molecule has 0 aromatic carbocycles. The van der Waals surface area contributed by atoms with Gasteiger partial charge in [0.1, 0.15) is 0 Å². The zero-order valence-electron chi connectivity index (χ0n) is 7.53. The Morgan fingerprint density at radius 3 is 2.30 bits per heavy atom. The van der Waals surface area contributed by atoms with E-state index in [0.717, 1.165) is 10.4 Å². The van der Waals surface area contributed by atoms with Crippen LogP contribution in [-0.4, -0.2) is 27.7 Å². The Balaban J connectivity index is 3.58. The maximum atomic E-state index is 5.32. The van der Waals surface area contributed by atoms with Gasteiger partial charge in [-0.3, -0.25) is 0 Å². The van der Waals surface area contributed by atoms with Crippen LogP contribution < -0.4 is 0 Å². The van der Waals surface area contributed by atoms with Gasteiger partial charge in [0.05, 0.1) is 0 Å².